The highest BCUT2D eigenvalue weighted by atomic mass is 32.2. The van der Waals surface area contributed by atoms with Crippen LogP contribution >= 0.6 is 0 Å². The molecule has 0 spiro atoms. The molecule has 1 N–H and O–H groups in total. The Balaban J connectivity index is 0.000000201. The molecule has 470 valence electrons. The van der Waals surface area contributed by atoms with E-state index in [9.17, 15) is 44.3 Å². The molecule has 2 fully saturated rings. The molecule has 2 saturated heterocycles. The number of halogens is 6. The first kappa shape index (κ1) is 64.3. The number of benzene rings is 5. The Hall–Kier alpha value is -9.71. The highest BCUT2D eigenvalue weighted by Gasteiger charge is 2.35. The van der Waals surface area contributed by atoms with Gasteiger partial charge in [0.15, 0.2) is 0 Å². The van der Waals surface area contributed by atoms with Crippen molar-refractivity contribution in [1.82, 2.24) is 50.1 Å². The van der Waals surface area contributed by atoms with Gasteiger partial charge in [0.2, 0.25) is 20.9 Å². The van der Waals surface area contributed by atoms with E-state index in [2.05, 4.69) is 40.7 Å². The fourth-order valence-electron chi connectivity index (χ4n) is 11.1. The SMILES string of the molecule is Cc1c(C2CCN(C(=O)OCc3ccccc3)CC2)nnc(-c2cccc(C(F)(F)F)c2)c1-c1ccnc(NC(C)c2ccccc2)n1.Cc1c(C2CCN(C(=O)OCc3ccccc3)CC2)nnc(-c2cccc(C(F)(F)F)c2)c1-c1ccnc(S(C)(=O)=O)n1. The molecule has 0 aliphatic carbocycles. The third-order valence-electron chi connectivity index (χ3n) is 15.9. The lowest BCUT2D eigenvalue weighted by Crippen LogP contribution is -2.38. The van der Waals surface area contributed by atoms with Crippen molar-refractivity contribution in [1.29, 1.82) is 0 Å². The number of hydrogen-bond donors (Lipinski definition) is 1. The van der Waals surface area contributed by atoms with Crippen LogP contribution in [0.5, 0.6) is 0 Å². The third kappa shape index (κ3) is 15.8. The van der Waals surface area contributed by atoms with E-state index in [1.807, 2.05) is 105 Å². The second kappa shape index (κ2) is 28.0. The Morgan fingerprint density at radius 2 is 0.978 bits per heavy atom. The number of anilines is 1. The molecule has 5 aromatic carbocycles. The van der Waals surface area contributed by atoms with Gasteiger partial charge >= 0.3 is 24.5 Å². The lowest BCUT2D eigenvalue weighted by atomic mass is 9.88. The maximum Gasteiger partial charge on any atom is 0.416 e. The van der Waals surface area contributed by atoms with Crippen molar-refractivity contribution < 1.29 is 53.8 Å². The third-order valence-corrected chi connectivity index (χ3v) is 16.8. The zero-order valence-corrected chi connectivity index (χ0v) is 50.8. The summed E-state index contributed by atoms with van der Waals surface area (Å²) in [6.45, 7) is 7.81. The maximum absolute atomic E-state index is 13.7. The van der Waals surface area contributed by atoms with Crippen molar-refractivity contribution >= 4 is 28.0 Å². The number of alkyl halides is 6. The molecule has 2 aliphatic heterocycles. The van der Waals surface area contributed by atoms with Crippen LogP contribution in [0.4, 0.5) is 41.9 Å². The van der Waals surface area contributed by atoms with Crippen LogP contribution in [0.2, 0.25) is 0 Å². The van der Waals surface area contributed by atoms with Gasteiger partial charge in [-0.05, 0) is 111 Å². The predicted octanol–water partition coefficient (Wildman–Crippen LogP) is 14.5. The van der Waals surface area contributed by atoms with E-state index < -0.39 is 44.6 Å². The monoisotopic (exact) mass is 1260 g/mol. The van der Waals surface area contributed by atoms with Gasteiger partial charge in [-0.25, -0.2) is 37.9 Å². The number of rotatable bonds is 14. The van der Waals surface area contributed by atoms with Gasteiger partial charge < -0.3 is 24.6 Å². The van der Waals surface area contributed by atoms with Crippen molar-refractivity contribution in [3.63, 3.8) is 0 Å². The topological polar surface area (TPSA) is 208 Å². The number of ether oxygens (including phenoxy) is 2. The fraction of sp³-hybridized carbons (Fsp3) is 0.284. The van der Waals surface area contributed by atoms with E-state index in [1.165, 1.54) is 30.5 Å². The molecule has 24 heteroatoms. The number of amides is 2. The summed E-state index contributed by atoms with van der Waals surface area (Å²) < 4.78 is 117. The van der Waals surface area contributed by atoms with Gasteiger partial charge in [0.1, 0.15) is 24.6 Å². The number of carbonyl (C=O) groups is 2. The number of sulfone groups is 1. The molecule has 1 atom stereocenters. The maximum atomic E-state index is 13.7. The Kier molecular flexibility index (Phi) is 19.8. The summed E-state index contributed by atoms with van der Waals surface area (Å²) in [5.74, 6) is 0.234. The fourth-order valence-corrected chi connectivity index (χ4v) is 11.6. The number of likely N-dealkylation sites (tertiary alicyclic amines) is 2. The van der Waals surface area contributed by atoms with Crippen LogP contribution in [0, 0.1) is 13.8 Å². The molecule has 6 heterocycles. The molecule has 11 rings (SSSR count). The average molecular weight is 1260 g/mol. The largest absolute Gasteiger partial charge is 0.445 e. The zero-order valence-electron chi connectivity index (χ0n) is 50.0. The molecule has 2 aliphatic rings. The molecule has 91 heavy (non-hydrogen) atoms. The Bertz CT molecular complexity index is 4140. The van der Waals surface area contributed by atoms with Gasteiger partial charge in [-0.2, -0.15) is 36.5 Å². The summed E-state index contributed by atoms with van der Waals surface area (Å²) in [5, 5.41) is 20.8. The highest BCUT2D eigenvalue weighted by molar-refractivity contribution is 7.90. The van der Waals surface area contributed by atoms with E-state index >= 15 is 0 Å². The van der Waals surface area contributed by atoms with Crippen molar-refractivity contribution in [3.8, 4) is 45.0 Å². The van der Waals surface area contributed by atoms with Crippen LogP contribution in [0.25, 0.3) is 45.0 Å². The summed E-state index contributed by atoms with van der Waals surface area (Å²) in [7, 11) is -3.77. The number of hydrogen-bond acceptors (Lipinski definition) is 15. The first-order valence-corrected chi connectivity index (χ1v) is 31.2. The summed E-state index contributed by atoms with van der Waals surface area (Å²) >= 11 is 0. The van der Waals surface area contributed by atoms with Gasteiger partial charge in [-0.15, -0.1) is 10.2 Å². The van der Waals surface area contributed by atoms with Gasteiger partial charge in [0.05, 0.1) is 39.9 Å². The lowest BCUT2D eigenvalue weighted by Gasteiger charge is -2.31. The number of aromatic nitrogens is 8. The second-order valence-corrected chi connectivity index (χ2v) is 24.1. The minimum atomic E-state index is -4.58. The van der Waals surface area contributed by atoms with E-state index in [4.69, 9.17) is 14.5 Å². The first-order chi connectivity index (χ1) is 43.6. The predicted molar refractivity (Wildman–Crippen MR) is 328 cm³/mol. The van der Waals surface area contributed by atoms with Gasteiger partial charge in [0, 0.05) is 78.9 Å². The van der Waals surface area contributed by atoms with Crippen molar-refractivity contribution in [2.24, 2.45) is 0 Å². The molecule has 9 aromatic rings. The number of nitrogens with zero attached hydrogens (tertiary/aromatic N) is 10. The molecule has 1 unspecified atom stereocenters. The summed E-state index contributed by atoms with van der Waals surface area (Å²) in [6, 6.07) is 41.7. The second-order valence-electron chi connectivity index (χ2n) is 22.2. The minimum absolute atomic E-state index is 0.0254. The van der Waals surface area contributed by atoms with Crippen LogP contribution in [0.1, 0.15) is 101 Å². The molecular weight excluding hydrogens is 1200 g/mol. The summed E-state index contributed by atoms with van der Waals surface area (Å²) in [6.07, 6.45) is -3.64. The Morgan fingerprint density at radius 1 is 0.560 bits per heavy atom. The van der Waals surface area contributed by atoms with Crippen LogP contribution in [-0.4, -0.2) is 103 Å². The molecule has 4 aromatic heterocycles. The van der Waals surface area contributed by atoms with Crippen LogP contribution in [-0.2, 0) is 44.9 Å². The Labute approximate surface area is 521 Å². The zero-order chi connectivity index (χ0) is 64.5. The number of piperidine rings is 2. The van der Waals surface area contributed by atoms with E-state index in [1.54, 1.807) is 35.1 Å². The summed E-state index contributed by atoms with van der Waals surface area (Å²) in [5.41, 5.74) is 6.43. The van der Waals surface area contributed by atoms with Gasteiger partial charge in [-0.1, -0.05) is 115 Å². The Morgan fingerprint density at radius 3 is 1.41 bits per heavy atom. The number of carbonyl (C=O) groups excluding carboxylic acids is 2. The smallest absolute Gasteiger partial charge is 0.416 e. The standard InChI is InChI=1S/C37H35F3N6O2.C30H28F3N5O4S/c1-24-32(31-16-19-41-35(43-31)42-25(2)27-12-7-4-8-13-27)34(29-14-9-15-30(22-29)37(38,39)40)45-44-33(24)28-17-20-46(21-18-28)36(47)48-23-26-10-5-3-6-11-26;1-19-25(24-11-14-34-28(35-24)43(2,40)41)27(22-9-6-10-23(17-22)30(31,32)33)37-36-26(19)21-12-15-38(16-13-21)29(39)42-18-20-7-4-3-5-8-20/h3-16,19,22,25,28H,17-18,20-21,23H2,1-2H3,(H,41,42,43);3-11,14,17,21H,12-13,15-16,18H2,1-2H3. The van der Waals surface area contributed by atoms with Gasteiger partial charge in [0.25, 0.3) is 0 Å². The summed E-state index contributed by atoms with van der Waals surface area (Å²) in [4.78, 5) is 46.1. The van der Waals surface area contributed by atoms with Crippen LogP contribution in [0.3, 0.4) is 0 Å². The van der Waals surface area contributed by atoms with Crippen LogP contribution in [0.15, 0.2) is 169 Å². The van der Waals surface area contributed by atoms with E-state index in [0.717, 1.165) is 58.5 Å². The number of nitrogens with one attached hydrogen (secondary N) is 1. The van der Waals surface area contributed by atoms with Gasteiger partial charge in [-0.3, -0.25) is 0 Å². The molecular formula is C67H63F6N11O6S. The average Bonchev–Trinajstić information content (AvgIpc) is 0.882. The first-order valence-electron chi connectivity index (χ1n) is 29.3. The quantitative estimate of drug-likeness (QED) is 0.0793. The molecule has 2 amide bonds. The van der Waals surface area contributed by atoms with Crippen LogP contribution < -0.4 is 5.32 Å². The molecule has 0 saturated carbocycles. The molecule has 0 bridgehead atoms. The van der Waals surface area contributed by atoms with Crippen molar-refractivity contribution in [2.45, 2.75) is 95.1 Å². The lowest BCUT2D eigenvalue weighted by molar-refractivity contribution is -0.138. The molecule has 0 radical (unpaired) electrons. The highest BCUT2D eigenvalue weighted by Crippen LogP contribution is 2.42. The van der Waals surface area contributed by atoms with E-state index in [0.29, 0.717) is 91.6 Å². The van der Waals surface area contributed by atoms with E-state index in [-0.39, 0.29) is 59.7 Å². The minimum Gasteiger partial charge on any atom is -0.445 e. The van der Waals surface area contributed by atoms with Crippen molar-refractivity contribution in [2.75, 3.05) is 37.8 Å². The van der Waals surface area contributed by atoms with Crippen molar-refractivity contribution in [3.05, 3.63) is 214 Å². The normalized spacial score (nSPS) is 14.4. The molecule has 17 nitrogen and oxygen atoms in total.